The molecule has 0 atom stereocenters. The first-order valence-corrected chi connectivity index (χ1v) is 9.93. The number of nitrogens with one attached hydrogen (secondary N) is 1. The fourth-order valence-electron chi connectivity index (χ4n) is 2.80. The van der Waals surface area contributed by atoms with Crippen LogP contribution in [-0.4, -0.2) is 37.4 Å². The van der Waals surface area contributed by atoms with Crippen LogP contribution in [0, 0.1) is 0 Å². The lowest BCUT2D eigenvalue weighted by Gasteiger charge is -2.15. The van der Waals surface area contributed by atoms with E-state index < -0.39 is 10.0 Å². The van der Waals surface area contributed by atoms with Gasteiger partial charge in [-0.3, -0.25) is 4.79 Å². The third kappa shape index (κ3) is 4.00. The Hall–Kier alpha value is -2.51. The monoisotopic (exact) mass is 371 g/mol. The molecule has 1 heterocycles. The van der Waals surface area contributed by atoms with Crippen molar-refractivity contribution in [3.05, 3.63) is 65.7 Å². The summed E-state index contributed by atoms with van der Waals surface area (Å²) in [6, 6.07) is 15.4. The summed E-state index contributed by atoms with van der Waals surface area (Å²) in [7, 11) is -3.42. The van der Waals surface area contributed by atoms with Gasteiger partial charge in [0.25, 0.3) is 5.91 Å². The summed E-state index contributed by atoms with van der Waals surface area (Å²) in [5, 5.41) is 4.10. The largest absolute Gasteiger partial charge is 0.271 e. The van der Waals surface area contributed by atoms with Crippen molar-refractivity contribution < 1.29 is 13.2 Å². The van der Waals surface area contributed by atoms with E-state index in [4.69, 9.17) is 0 Å². The minimum atomic E-state index is -3.42. The Morgan fingerprint density at radius 2 is 1.58 bits per heavy atom. The van der Waals surface area contributed by atoms with Crippen LogP contribution >= 0.6 is 0 Å². The highest BCUT2D eigenvalue weighted by molar-refractivity contribution is 7.89. The predicted molar refractivity (Wildman–Crippen MR) is 101 cm³/mol. The predicted octanol–water partition coefficient (Wildman–Crippen LogP) is 2.63. The Morgan fingerprint density at radius 1 is 0.962 bits per heavy atom. The van der Waals surface area contributed by atoms with Gasteiger partial charge in [-0.15, -0.1) is 0 Å². The molecular formula is C19H21N3O3S. The molecule has 2 aromatic carbocycles. The van der Waals surface area contributed by atoms with Crippen LogP contribution < -0.4 is 5.43 Å². The summed E-state index contributed by atoms with van der Waals surface area (Å²) in [6.07, 6.45) is 1.81. The summed E-state index contributed by atoms with van der Waals surface area (Å²) >= 11 is 0. The zero-order valence-electron chi connectivity index (χ0n) is 14.6. The lowest BCUT2D eigenvalue weighted by molar-refractivity contribution is 0.0955. The Balaban J connectivity index is 1.70. The molecule has 0 unspecified atom stereocenters. The van der Waals surface area contributed by atoms with Crippen LogP contribution in [0.5, 0.6) is 0 Å². The average Bonchev–Trinajstić information content (AvgIpc) is 3.22. The van der Waals surface area contributed by atoms with Crippen LogP contribution in [0.4, 0.5) is 0 Å². The molecule has 1 fully saturated rings. The second kappa shape index (κ2) is 7.80. The van der Waals surface area contributed by atoms with Gasteiger partial charge in [0, 0.05) is 18.7 Å². The van der Waals surface area contributed by atoms with Gasteiger partial charge in [0.2, 0.25) is 10.0 Å². The van der Waals surface area contributed by atoms with Gasteiger partial charge in [-0.25, -0.2) is 13.8 Å². The van der Waals surface area contributed by atoms with Crippen molar-refractivity contribution in [2.24, 2.45) is 5.10 Å². The van der Waals surface area contributed by atoms with Crippen molar-refractivity contribution in [3.63, 3.8) is 0 Å². The molecule has 3 rings (SSSR count). The molecule has 0 bridgehead atoms. The Bertz CT molecular complexity index is 901. The maximum Gasteiger partial charge on any atom is 0.271 e. The van der Waals surface area contributed by atoms with E-state index in [1.165, 1.54) is 4.31 Å². The molecule has 0 aliphatic carbocycles. The standard InChI is InChI=1S/C19H21N3O3S/c1-15(20-21-19(23)17-7-3-2-4-8-17)16-9-11-18(12-10-16)26(24,25)22-13-5-6-14-22/h2-4,7-12H,5-6,13-14H2,1H3,(H,21,23)/b20-15+. The number of benzene rings is 2. The third-order valence-electron chi connectivity index (χ3n) is 4.34. The van der Waals surface area contributed by atoms with Crippen molar-refractivity contribution in [3.8, 4) is 0 Å². The van der Waals surface area contributed by atoms with Crippen LogP contribution in [0.25, 0.3) is 0 Å². The van der Waals surface area contributed by atoms with E-state index in [1.54, 1.807) is 55.5 Å². The number of hydrazone groups is 1. The van der Waals surface area contributed by atoms with E-state index in [9.17, 15) is 13.2 Å². The maximum atomic E-state index is 12.5. The summed E-state index contributed by atoms with van der Waals surface area (Å²) in [4.78, 5) is 12.3. The molecule has 0 aromatic heterocycles. The highest BCUT2D eigenvalue weighted by Crippen LogP contribution is 2.21. The van der Waals surface area contributed by atoms with Crippen LogP contribution in [-0.2, 0) is 10.0 Å². The smallest absolute Gasteiger partial charge is 0.267 e. The molecule has 136 valence electrons. The van der Waals surface area contributed by atoms with Gasteiger partial charge in [-0.2, -0.15) is 9.41 Å². The van der Waals surface area contributed by atoms with Crippen molar-refractivity contribution in [1.29, 1.82) is 0 Å². The van der Waals surface area contributed by atoms with Crippen molar-refractivity contribution >= 4 is 21.6 Å². The van der Waals surface area contributed by atoms with Crippen molar-refractivity contribution in [2.75, 3.05) is 13.1 Å². The molecule has 7 heteroatoms. The molecule has 26 heavy (non-hydrogen) atoms. The topological polar surface area (TPSA) is 78.8 Å². The van der Waals surface area contributed by atoms with E-state index in [1.807, 2.05) is 6.07 Å². The maximum absolute atomic E-state index is 12.5. The summed E-state index contributed by atoms with van der Waals surface area (Å²) in [6.45, 7) is 2.92. The molecule has 1 saturated heterocycles. The van der Waals surface area contributed by atoms with Crippen molar-refractivity contribution in [1.82, 2.24) is 9.73 Å². The molecule has 2 aromatic rings. The van der Waals surface area contributed by atoms with Crippen LogP contribution in [0.1, 0.15) is 35.7 Å². The SMILES string of the molecule is C/C(=N\NC(=O)c1ccccc1)c1ccc(S(=O)(=O)N2CCCC2)cc1. The fourth-order valence-corrected chi connectivity index (χ4v) is 4.32. The number of carbonyl (C=O) groups is 1. The van der Waals surface area contributed by atoms with E-state index >= 15 is 0 Å². The van der Waals surface area contributed by atoms with Crippen molar-refractivity contribution in [2.45, 2.75) is 24.7 Å². The van der Waals surface area contributed by atoms with Gasteiger partial charge in [0.05, 0.1) is 10.6 Å². The van der Waals surface area contributed by atoms with Gasteiger partial charge in [0.15, 0.2) is 0 Å². The summed E-state index contributed by atoms with van der Waals surface area (Å²) in [5.74, 6) is -0.293. The molecule has 0 radical (unpaired) electrons. The van der Waals surface area contributed by atoms with Gasteiger partial charge in [-0.05, 0) is 49.6 Å². The summed E-state index contributed by atoms with van der Waals surface area (Å²) < 4.78 is 26.6. The second-order valence-corrected chi connectivity index (χ2v) is 8.08. The molecule has 1 N–H and O–H groups in total. The van der Waals surface area contributed by atoms with E-state index in [0.717, 1.165) is 18.4 Å². The zero-order chi connectivity index (χ0) is 18.6. The number of hydrogen-bond donors (Lipinski definition) is 1. The Kier molecular flexibility index (Phi) is 5.49. The van der Waals surface area contributed by atoms with E-state index in [2.05, 4.69) is 10.5 Å². The molecule has 0 spiro atoms. The Labute approximate surface area is 153 Å². The van der Waals surface area contributed by atoms with Crippen LogP contribution in [0.3, 0.4) is 0 Å². The molecule has 6 nitrogen and oxygen atoms in total. The molecular weight excluding hydrogens is 350 g/mol. The third-order valence-corrected chi connectivity index (χ3v) is 6.25. The van der Waals surface area contributed by atoms with Gasteiger partial charge in [-0.1, -0.05) is 30.3 Å². The minimum absolute atomic E-state index is 0.282. The minimum Gasteiger partial charge on any atom is -0.267 e. The van der Waals surface area contributed by atoms with Gasteiger partial charge < -0.3 is 0 Å². The summed E-state index contributed by atoms with van der Waals surface area (Å²) in [5.41, 5.74) is 4.38. The first-order valence-electron chi connectivity index (χ1n) is 8.49. The highest BCUT2D eigenvalue weighted by Gasteiger charge is 2.26. The van der Waals surface area contributed by atoms with Gasteiger partial charge >= 0.3 is 0 Å². The van der Waals surface area contributed by atoms with Crippen LogP contribution in [0.15, 0.2) is 64.6 Å². The first kappa shape index (κ1) is 18.3. The second-order valence-electron chi connectivity index (χ2n) is 6.14. The lowest BCUT2D eigenvalue weighted by Crippen LogP contribution is -2.27. The molecule has 1 aliphatic rings. The van der Waals surface area contributed by atoms with Gasteiger partial charge in [0.1, 0.15) is 0 Å². The number of amides is 1. The number of rotatable bonds is 5. The fraction of sp³-hybridized carbons (Fsp3) is 0.263. The first-order chi connectivity index (χ1) is 12.5. The number of nitrogens with zero attached hydrogens (tertiary/aromatic N) is 2. The average molecular weight is 371 g/mol. The molecule has 1 aliphatic heterocycles. The lowest BCUT2D eigenvalue weighted by atomic mass is 10.1. The van der Waals surface area contributed by atoms with E-state index in [0.29, 0.717) is 24.4 Å². The highest BCUT2D eigenvalue weighted by atomic mass is 32.2. The molecule has 0 saturated carbocycles. The molecule has 1 amide bonds. The number of hydrogen-bond acceptors (Lipinski definition) is 4. The Morgan fingerprint density at radius 3 is 2.19 bits per heavy atom. The quantitative estimate of drug-likeness (QED) is 0.648. The number of sulfonamides is 1. The zero-order valence-corrected chi connectivity index (χ0v) is 15.4. The van der Waals surface area contributed by atoms with Crippen LogP contribution in [0.2, 0.25) is 0 Å². The number of carbonyl (C=O) groups excluding carboxylic acids is 1. The van der Waals surface area contributed by atoms with E-state index in [-0.39, 0.29) is 10.8 Å². The normalized spacial score (nSPS) is 15.8.